The van der Waals surface area contributed by atoms with Gasteiger partial charge in [-0.05, 0) is 49.6 Å². The highest BCUT2D eigenvalue weighted by atomic mass is 16.2. The SMILES string of the molecule is Cc1cccnc1CN1C(=O)C(=O)c2ccc(C)c(C)c21. The molecule has 106 valence electrons. The molecule has 0 saturated carbocycles. The Morgan fingerprint density at radius 1 is 1.05 bits per heavy atom. The summed E-state index contributed by atoms with van der Waals surface area (Å²) in [5.41, 5.74) is 5.09. The van der Waals surface area contributed by atoms with Crippen molar-refractivity contribution in [1.29, 1.82) is 0 Å². The fraction of sp³-hybridized carbons (Fsp3) is 0.235. The third-order valence-electron chi connectivity index (χ3n) is 4.08. The van der Waals surface area contributed by atoms with Crippen LogP contribution in [0.3, 0.4) is 0 Å². The summed E-state index contributed by atoms with van der Waals surface area (Å²) >= 11 is 0. The topological polar surface area (TPSA) is 50.3 Å². The van der Waals surface area contributed by atoms with Crippen molar-refractivity contribution in [2.24, 2.45) is 0 Å². The van der Waals surface area contributed by atoms with Crippen molar-refractivity contribution in [2.45, 2.75) is 27.3 Å². The first-order valence-electron chi connectivity index (χ1n) is 6.87. The first-order valence-corrected chi connectivity index (χ1v) is 6.87. The third-order valence-corrected chi connectivity index (χ3v) is 4.08. The van der Waals surface area contributed by atoms with Crippen LogP contribution >= 0.6 is 0 Å². The molecule has 1 amide bonds. The number of pyridine rings is 1. The van der Waals surface area contributed by atoms with Crippen LogP contribution in [0.4, 0.5) is 5.69 Å². The molecule has 0 aliphatic carbocycles. The Balaban J connectivity index is 2.09. The maximum Gasteiger partial charge on any atom is 0.299 e. The standard InChI is InChI=1S/C17H16N2O2/c1-10-6-7-13-15(12(10)3)19(17(21)16(13)20)9-14-11(2)5-4-8-18-14/h4-8H,9H2,1-3H3. The van der Waals surface area contributed by atoms with Crippen LogP contribution in [0.5, 0.6) is 0 Å². The largest absolute Gasteiger partial charge is 0.299 e. The van der Waals surface area contributed by atoms with Crippen molar-refractivity contribution in [2.75, 3.05) is 4.90 Å². The summed E-state index contributed by atoms with van der Waals surface area (Å²) in [4.78, 5) is 30.3. The van der Waals surface area contributed by atoms with Crippen molar-refractivity contribution in [3.63, 3.8) is 0 Å². The van der Waals surface area contributed by atoms with Gasteiger partial charge in [-0.1, -0.05) is 12.1 Å². The van der Waals surface area contributed by atoms with Crippen LogP contribution in [0.2, 0.25) is 0 Å². The lowest BCUT2D eigenvalue weighted by Gasteiger charge is -2.19. The smallest absolute Gasteiger partial charge is 0.298 e. The Hall–Kier alpha value is -2.49. The van der Waals surface area contributed by atoms with E-state index >= 15 is 0 Å². The Kier molecular flexibility index (Phi) is 3.09. The van der Waals surface area contributed by atoms with Gasteiger partial charge >= 0.3 is 0 Å². The van der Waals surface area contributed by atoms with Gasteiger partial charge in [-0.15, -0.1) is 0 Å². The van der Waals surface area contributed by atoms with E-state index in [0.29, 0.717) is 12.1 Å². The van der Waals surface area contributed by atoms with Crippen LogP contribution in [0.25, 0.3) is 0 Å². The van der Waals surface area contributed by atoms with Crippen LogP contribution in [-0.4, -0.2) is 16.7 Å². The summed E-state index contributed by atoms with van der Waals surface area (Å²) in [5, 5.41) is 0. The summed E-state index contributed by atoms with van der Waals surface area (Å²) in [6.07, 6.45) is 1.70. The van der Waals surface area contributed by atoms with Gasteiger partial charge in [-0.2, -0.15) is 0 Å². The number of aryl methyl sites for hydroxylation is 2. The monoisotopic (exact) mass is 280 g/mol. The number of carbonyl (C=O) groups is 2. The van der Waals surface area contributed by atoms with Gasteiger partial charge in [0.25, 0.3) is 11.7 Å². The van der Waals surface area contributed by atoms with Crippen LogP contribution < -0.4 is 4.90 Å². The molecule has 1 aliphatic heterocycles. The van der Waals surface area contributed by atoms with E-state index in [-0.39, 0.29) is 0 Å². The Morgan fingerprint density at radius 2 is 1.81 bits per heavy atom. The molecule has 2 aromatic rings. The van der Waals surface area contributed by atoms with Crippen molar-refractivity contribution >= 4 is 17.4 Å². The number of nitrogens with zero attached hydrogens (tertiary/aromatic N) is 2. The summed E-state index contributed by atoms with van der Waals surface area (Å²) in [6.45, 7) is 6.20. The molecule has 0 bridgehead atoms. The number of anilines is 1. The fourth-order valence-electron chi connectivity index (χ4n) is 2.66. The molecule has 0 unspecified atom stereocenters. The maximum absolute atomic E-state index is 12.3. The molecule has 21 heavy (non-hydrogen) atoms. The summed E-state index contributed by atoms with van der Waals surface area (Å²) in [6, 6.07) is 7.44. The molecular weight excluding hydrogens is 264 g/mol. The van der Waals surface area contributed by atoms with E-state index in [4.69, 9.17) is 0 Å². The molecule has 1 aliphatic rings. The fourth-order valence-corrected chi connectivity index (χ4v) is 2.66. The molecule has 1 aromatic carbocycles. The number of hydrogen-bond donors (Lipinski definition) is 0. The van der Waals surface area contributed by atoms with E-state index in [9.17, 15) is 9.59 Å². The average Bonchev–Trinajstić information content (AvgIpc) is 2.71. The van der Waals surface area contributed by atoms with Crippen molar-refractivity contribution in [1.82, 2.24) is 4.98 Å². The van der Waals surface area contributed by atoms with Crippen molar-refractivity contribution in [3.8, 4) is 0 Å². The number of Topliss-reactive ketones (excluding diaryl/α,β-unsaturated/α-hetero) is 1. The van der Waals surface area contributed by atoms with E-state index in [0.717, 1.165) is 28.1 Å². The van der Waals surface area contributed by atoms with Crippen molar-refractivity contribution < 1.29 is 9.59 Å². The second-order valence-electron chi connectivity index (χ2n) is 5.39. The Labute approximate surface area is 123 Å². The molecule has 3 rings (SSSR count). The molecule has 0 radical (unpaired) electrons. The van der Waals surface area contributed by atoms with Gasteiger partial charge in [-0.25, -0.2) is 0 Å². The molecule has 4 heteroatoms. The molecule has 4 nitrogen and oxygen atoms in total. The third kappa shape index (κ3) is 2.03. The van der Waals surface area contributed by atoms with Gasteiger partial charge in [-0.3, -0.25) is 19.5 Å². The van der Waals surface area contributed by atoms with Crippen molar-refractivity contribution in [3.05, 3.63) is 58.4 Å². The predicted molar refractivity (Wildman–Crippen MR) is 80.4 cm³/mol. The number of rotatable bonds is 2. The van der Waals surface area contributed by atoms with Crippen LogP contribution in [0.15, 0.2) is 30.5 Å². The van der Waals surface area contributed by atoms with Crippen LogP contribution in [0.1, 0.15) is 32.7 Å². The zero-order valence-corrected chi connectivity index (χ0v) is 12.3. The number of hydrogen-bond acceptors (Lipinski definition) is 3. The van der Waals surface area contributed by atoms with Gasteiger partial charge < -0.3 is 0 Å². The zero-order chi connectivity index (χ0) is 15.1. The highest BCUT2D eigenvalue weighted by Gasteiger charge is 2.37. The second-order valence-corrected chi connectivity index (χ2v) is 5.39. The van der Waals surface area contributed by atoms with Gasteiger partial charge in [0.1, 0.15) is 0 Å². The normalized spacial score (nSPS) is 13.8. The molecular formula is C17H16N2O2. The number of benzene rings is 1. The minimum absolute atomic E-state index is 0.328. The summed E-state index contributed by atoms with van der Waals surface area (Å²) in [7, 11) is 0. The van der Waals surface area contributed by atoms with Gasteiger partial charge in [0, 0.05) is 6.20 Å². The highest BCUT2D eigenvalue weighted by Crippen LogP contribution is 2.35. The molecule has 1 aromatic heterocycles. The van der Waals surface area contributed by atoms with E-state index < -0.39 is 11.7 Å². The molecule has 0 saturated heterocycles. The number of aromatic nitrogens is 1. The summed E-state index contributed by atoms with van der Waals surface area (Å²) in [5.74, 6) is -0.898. The number of carbonyl (C=O) groups excluding carboxylic acids is 2. The van der Waals surface area contributed by atoms with E-state index in [1.807, 2.05) is 39.0 Å². The van der Waals surface area contributed by atoms with Gasteiger partial charge in [0.15, 0.2) is 0 Å². The first-order chi connectivity index (χ1) is 10.0. The molecule has 0 atom stereocenters. The number of fused-ring (bicyclic) bond motifs is 1. The second kappa shape index (κ2) is 4.81. The zero-order valence-electron chi connectivity index (χ0n) is 12.3. The molecule has 0 fully saturated rings. The van der Waals surface area contributed by atoms with Crippen LogP contribution in [-0.2, 0) is 11.3 Å². The minimum Gasteiger partial charge on any atom is -0.298 e. The number of ketones is 1. The lowest BCUT2D eigenvalue weighted by Crippen LogP contribution is -2.30. The van der Waals surface area contributed by atoms with E-state index in [2.05, 4.69) is 4.98 Å². The molecule has 0 spiro atoms. The first kappa shape index (κ1) is 13.5. The lowest BCUT2D eigenvalue weighted by atomic mass is 10.0. The Bertz CT molecular complexity index is 765. The summed E-state index contributed by atoms with van der Waals surface area (Å²) < 4.78 is 0. The lowest BCUT2D eigenvalue weighted by molar-refractivity contribution is -0.114. The average molecular weight is 280 g/mol. The molecule has 0 N–H and O–H groups in total. The Morgan fingerprint density at radius 3 is 2.52 bits per heavy atom. The van der Waals surface area contributed by atoms with Gasteiger partial charge in [0.2, 0.25) is 0 Å². The van der Waals surface area contributed by atoms with E-state index in [1.165, 1.54) is 0 Å². The quantitative estimate of drug-likeness (QED) is 0.795. The number of amides is 1. The maximum atomic E-state index is 12.3. The molecule has 2 heterocycles. The van der Waals surface area contributed by atoms with Gasteiger partial charge in [0.05, 0.1) is 23.5 Å². The van der Waals surface area contributed by atoms with E-state index in [1.54, 1.807) is 17.2 Å². The van der Waals surface area contributed by atoms with Crippen LogP contribution in [0, 0.1) is 20.8 Å². The highest BCUT2D eigenvalue weighted by molar-refractivity contribution is 6.52. The predicted octanol–water partition coefficient (Wildman–Crippen LogP) is 2.74. The minimum atomic E-state index is -0.469.